The lowest BCUT2D eigenvalue weighted by molar-refractivity contribution is 0.467. The maximum atomic E-state index is 9.73. The second kappa shape index (κ2) is 9.02. The van der Waals surface area contributed by atoms with E-state index in [9.17, 15) is 5.11 Å². The highest BCUT2D eigenvalue weighted by Crippen LogP contribution is 2.21. The van der Waals surface area contributed by atoms with Gasteiger partial charge in [-0.25, -0.2) is 0 Å². The summed E-state index contributed by atoms with van der Waals surface area (Å²) in [5.41, 5.74) is 2.49. The molecule has 0 fully saturated rings. The van der Waals surface area contributed by atoms with Crippen LogP contribution in [0, 0.1) is 0 Å². The zero-order chi connectivity index (χ0) is 13.2. The third-order valence-corrected chi connectivity index (χ3v) is 3.48. The smallest absolute Gasteiger partial charge is 0.118 e. The van der Waals surface area contributed by atoms with Gasteiger partial charge in [0.1, 0.15) is 5.75 Å². The fourth-order valence-electron chi connectivity index (χ4n) is 2.37. The summed E-state index contributed by atoms with van der Waals surface area (Å²) in [5.74, 6) is 0.462. The molecule has 0 amide bonds. The predicted octanol–water partition coefficient (Wildman–Crippen LogP) is 5.25. The average molecular weight is 248 g/mol. The molecule has 18 heavy (non-hydrogen) atoms. The first-order chi connectivity index (χ1) is 8.77. The van der Waals surface area contributed by atoms with E-state index in [1.165, 1.54) is 44.1 Å². The highest BCUT2D eigenvalue weighted by Gasteiger charge is 2.02. The minimum Gasteiger partial charge on any atom is -0.508 e. The minimum atomic E-state index is 0.462. The van der Waals surface area contributed by atoms with Crippen LogP contribution in [0.1, 0.15) is 69.9 Å². The molecular formula is C17H28O. The van der Waals surface area contributed by atoms with Gasteiger partial charge in [0.25, 0.3) is 0 Å². The van der Waals surface area contributed by atoms with Gasteiger partial charge in [-0.15, -0.1) is 0 Å². The second-order valence-electron chi connectivity index (χ2n) is 5.23. The van der Waals surface area contributed by atoms with E-state index in [-0.39, 0.29) is 0 Å². The number of phenols is 1. The third kappa shape index (κ3) is 5.57. The first-order valence-corrected chi connectivity index (χ1v) is 7.58. The van der Waals surface area contributed by atoms with Crippen molar-refractivity contribution < 1.29 is 5.11 Å². The molecule has 0 bridgehead atoms. The van der Waals surface area contributed by atoms with Crippen LogP contribution in [0.5, 0.6) is 5.75 Å². The molecule has 1 aromatic carbocycles. The Morgan fingerprint density at radius 1 is 0.833 bits per heavy atom. The van der Waals surface area contributed by atoms with E-state index in [4.69, 9.17) is 0 Å². The molecule has 0 aliphatic carbocycles. The molecule has 0 aliphatic heterocycles. The first kappa shape index (κ1) is 15.1. The molecule has 102 valence electrons. The number of hydrogen-bond acceptors (Lipinski definition) is 1. The molecule has 1 rings (SSSR count). The van der Waals surface area contributed by atoms with Crippen molar-refractivity contribution in [1.29, 1.82) is 0 Å². The molecule has 1 nitrogen and oxygen atoms in total. The van der Waals surface area contributed by atoms with Crippen molar-refractivity contribution in [2.24, 2.45) is 0 Å². The quantitative estimate of drug-likeness (QED) is 0.592. The summed E-state index contributed by atoms with van der Waals surface area (Å²) in [6.07, 6.45) is 11.3. The van der Waals surface area contributed by atoms with Crippen LogP contribution in [0.4, 0.5) is 0 Å². The Labute approximate surface area is 112 Å². The zero-order valence-electron chi connectivity index (χ0n) is 12.0. The van der Waals surface area contributed by atoms with Crippen LogP contribution in [0.3, 0.4) is 0 Å². The molecule has 0 spiro atoms. The van der Waals surface area contributed by atoms with Gasteiger partial charge in [-0.2, -0.15) is 0 Å². The lowest BCUT2D eigenvalue weighted by Crippen LogP contribution is -1.90. The summed E-state index contributed by atoms with van der Waals surface area (Å²) in [5, 5.41) is 9.73. The van der Waals surface area contributed by atoms with Crippen LogP contribution < -0.4 is 0 Å². The molecule has 0 atom stereocenters. The van der Waals surface area contributed by atoms with Crippen LogP contribution in [0.25, 0.3) is 0 Å². The van der Waals surface area contributed by atoms with E-state index >= 15 is 0 Å². The molecule has 1 N–H and O–H groups in total. The molecule has 0 radical (unpaired) electrons. The molecule has 0 saturated carbocycles. The molecule has 1 heteroatoms. The molecular weight excluding hydrogens is 220 g/mol. The lowest BCUT2D eigenvalue weighted by atomic mass is 10.0. The van der Waals surface area contributed by atoms with Gasteiger partial charge in [0.15, 0.2) is 0 Å². The summed E-state index contributed by atoms with van der Waals surface area (Å²) < 4.78 is 0. The summed E-state index contributed by atoms with van der Waals surface area (Å²) in [6.45, 7) is 4.41. The van der Waals surface area contributed by atoms with Crippen molar-refractivity contribution in [2.75, 3.05) is 0 Å². The van der Waals surface area contributed by atoms with Crippen LogP contribution in [0.2, 0.25) is 0 Å². The number of unbranched alkanes of at least 4 members (excludes halogenated alkanes) is 5. The Bertz CT molecular complexity index is 330. The predicted molar refractivity (Wildman–Crippen MR) is 79.2 cm³/mol. The summed E-state index contributed by atoms with van der Waals surface area (Å²) in [7, 11) is 0. The SMILES string of the molecule is CCCCCCCCc1ccc(O)c(CCC)c1. The summed E-state index contributed by atoms with van der Waals surface area (Å²) in [4.78, 5) is 0. The fraction of sp³-hybridized carbons (Fsp3) is 0.647. The number of hydrogen-bond donors (Lipinski definition) is 1. The summed E-state index contributed by atoms with van der Waals surface area (Å²) >= 11 is 0. The molecule has 0 aromatic heterocycles. The maximum absolute atomic E-state index is 9.73. The highest BCUT2D eigenvalue weighted by atomic mass is 16.3. The van der Waals surface area contributed by atoms with Crippen molar-refractivity contribution in [1.82, 2.24) is 0 Å². The number of rotatable bonds is 9. The van der Waals surface area contributed by atoms with Crippen LogP contribution in [-0.2, 0) is 12.8 Å². The topological polar surface area (TPSA) is 20.2 Å². The molecule has 0 aliphatic rings. The highest BCUT2D eigenvalue weighted by molar-refractivity contribution is 5.36. The van der Waals surface area contributed by atoms with Gasteiger partial charge in [-0.1, -0.05) is 64.5 Å². The van der Waals surface area contributed by atoms with Gasteiger partial charge in [0.05, 0.1) is 0 Å². The van der Waals surface area contributed by atoms with Crippen molar-refractivity contribution in [3.05, 3.63) is 29.3 Å². The maximum Gasteiger partial charge on any atom is 0.118 e. The number of aryl methyl sites for hydroxylation is 2. The van der Waals surface area contributed by atoms with Crippen LogP contribution in [0.15, 0.2) is 18.2 Å². The van der Waals surface area contributed by atoms with Crippen molar-refractivity contribution in [3.63, 3.8) is 0 Å². The summed E-state index contributed by atoms with van der Waals surface area (Å²) in [6, 6.07) is 6.11. The Morgan fingerprint density at radius 3 is 2.28 bits per heavy atom. The van der Waals surface area contributed by atoms with Gasteiger partial charge in [0.2, 0.25) is 0 Å². The second-order valence-corrected chi connectivity index (χ2v) is 5.23. The Balaban J connectivity index is 2.31. The van der Waals surface area contributed by atoms with Gasteiger partial charge < -0.3 is 5.11 Å². The Morgan fingerprint density at radius 2 is 1.56 bits per heavy atom. The van der Waals surface area contributed by atoms with E-state index in [0.717, 1.165) is 24.8 Å². The van der Waals surface area contributed by atoms with Crippen molar-refractivity contribution in [3.8, 4) is 5.75 Å². The number of aromatic hydroxyl groups is 1. The van der Waals surface area contributed by atoms with Gasteiger partial charge >= 0.3 is 0 Å². The molecule has 1 aromatic rings. The van der Waals surface area contributed by atoms with Gasteiger partial charge in [-0.3, -0.25) is 0 Å². The fourth-order valence-corrected chi connectivity index (χ4v) is 2.37. The van der Waals surface area contributed by atoms with Gasteiger partial charge in [0, 0.05) is 0 Å². The van der Waals surface area contributed by atoms with E-state index in [1.54, 1.807) is 0 Å². The van der Waals surface area contributed by atoms with Crippen molar-refractivity contribution in [2.45, 2.75) is 71.6 Å². The number of phenolic OH excluding ortho intramolecular Hbond substituents is 1. The van der Waals surface area contributed by atoms with Crippen LogP contribution in [-0.4, -0.2) is 5.11 Å². The monoisotopic (exact) mass is 248 g/mol. The Kier molecular flexibility index (Phi) is 7.55. The Hall–Kier alpha value is -0.980. The van der Waals surface area contributed by atoms with E-state index < -0.39 is 0 Å². The molecule has 0 heterocycles. The first-order valence-electron chi connectivity index (χ1n) is 7.58. The molecule has 0 unspecified atom stereocenters. The average Bonchev–Trinajstić information content (AvgIpc) is 2.37. The number of benzene rings is 1. The standard InChI is InChI=1S/C17H28O/c1-3-5-6-7-8-9-11-15-12-13-17(18)16(14-15)10-4-2/h12-14,18H,3-11H2,1-2H3. The molecule has 0 saturated heterocycles. The lowest BCUT2D eigenvalue weighted by Gasteiger charge is -2.07. The third-order valence-electron chi connectivity index (χ3n) is 3.48. The van der Waals surface area contributed by atoms with E-state index in [0.29, 0.717) is 5.75 Å². The largest absolute Gasteiger partial charge is 0.508 e. The normalized spacial score (nSPS) is 10.8. The minimum absolute atomic E-state index is 0.462. The van der Waals surface area contributed by atoms with E-state index in [1.807, 2.05) is 6.07 Å². The van der Waals surface area contributed by atoms with E-state index in [2.05, 4.69) is 26.0 Å². The van der Waals surface area contributed by atoms with Gasteiger partial charge in [-0.05, 0) is 36.5 Å². The van der Waals surface area contributed by atoms with Crippen LogP contribution >= 0.6 is 0 Å². The van der Waals surface area contributed by atoms with Crippen molar-refractivity contribution >= 4 is 0 Å². The zero-order valence-corrected chi connectivity index (χ0v) is 12.0.